The highest BCUT2D eigenvalue weighted by Crippen LogP contribution is 2.20. The molecule has 4 nitrogen and oxygen atoms in total. The third kappa shape index (κ3) is 3.59. The fourth-order valence-corrected chi connectivity index (χ4v) is 1.94. The fraction of sp³-hybridized carbons (Fsp3) is 0.0667. The summed E-state index contributed by atoms with van der Waals surface area (Å²) >= 11 is 5.84. The van der Waals surface area contributed by atoms with Crippen molar-refractivity contribution in [3.8, 4) is 0 Å². The Bertz CT molecular complexity index is 643. The average molecular weight is 289 g/mol. The molecule has 3 N–H and O–H groups in total. The van der Waals surface area contributed by atoms with Crippen molar-refractivity contribution in [2.75, 3.05) is 0 Å². The number of carbonyl (C=O) groups is 1. The molecule has 1 heterocycles. The Morgan fingerprint density at radius 1 is 1.30 bits per heavy atom. The Kier molecular flexibility index (Phi) is 4.38. The minimum atomic E-state index is -1.25. The quantitative estimate of drug-likeness (QED) is 0.737. The molecule has 1 aromatic carbocycles. The molecule has 5 heteroatoms. The maximum Gasteiger partial charge on any atom is 0.353 e. The van der Waals surface area contributed by atoms with Gasteiger partial charge < -0.3 is 10.1 Å². The molecule has 0 unspecified atom stereocenters. The van der Waals surface area contributed by atoms with Gasteiger partial charge in [-0.3, -0.25) is 5.41 Å². The Hall–Kier alpha value is -2.33. The Balaban J connectivity index is 2.30. The lowest BCUT2D eigenvalue weighted by Crippen LogP contribution is -2.09. The zero-order valence-corrected chi connectivity index (χ0v) is 11.3. The minimum Gasteiger partial charge on any atom is -0.477 e. The molecule has 1 aromatic heterocycles. The van der Waals surface area contributed by atoms with Gasteiger partial charge in [-0.05, 0) is 47.9 Å². The summed E-state index contributed by atoms with van der Waals surface area (Å²) in [5.74, 6) is -1.25. The predicted molar refractivity (Wildman–Crippen MR) is 79.3 cm³/mol. The van der Waals surface area contributed by atoms with Gasteiger partial charge in [-0.1, -0.05) is 23.7 Å². The number of nitrogens with one attached hydrogen (secondary N) is 2. The van der Waals surface area contributed by atoms with Gasteiger partial charge in [0, 0.05) is 16.9 Å². The minimum absolute atomic E-state index is 0.441. The van der Waals surface area contributed by atoms with Crippen LogP contribution in [0.1, 0.15) is 11.3 Å². The van der Waals surface area contributed by atoms with E-state index in [1.54, 1.807) is 18.3 Å². The molecule has 0 atom stereocenters. The van der Waals surface area contributed by atoms with Crippen LogP contribution in [0.15, 0.2) is 48.7 Å². The highest BCUT2D eigenvalue weighted by atomic mass is 35.5. The van der Waals surface area contributed by atoms with Crippen LogP contribution in [0.3, 0.4) is 0 Å². The van der Waals surface area contributed by atoms with Gasteiger partial charge in [0.05, 0.1) is 0 Å². The topological polar surface area (TPSA) is 76.9 Å². The Labute approximate surface area is 121 Å². The van der Waals surface area contributed by atoms with Crippen LogP contribution >= 0.6 is 11.6 Å². The van der Waals surface area contributed by atoms with Crippen LogP contribution in [0.4, 0.5) is 0 Å². The van der Waals surface area contributed by atoms with Crippen LogP contribution in [0.5, 0.6) is 0 Å². The number of allylic oxidation sites excluding steroid dienone is 1. The summed E-state index contributed by atoms with van der Waals surface area (Å²) in [4.78, 5) is 13.8. The van der Waals surface area contributed by atoms with E-state index in [-0.39, 0.29) is 0 Å². The zero-order chi connectivity index (χ0) is 14.5. The lowest BCUT2D eigenvalue weighted by Gasteiger charge is -2.06. The summed E-state index contributed by atoms with van der Waals surface area (Å²) in [6.07, 6.45) is 3.64. The highest BCUT2D eigenvalue weighted by Gasteiger charge is 2.09. The first-order valence-corrected chi connectivity index (χ1v) is 6.34. The van der Waals surface area contributed by atoms with Crippen LogP contribution in [-0.4, -0.2) is 21.8 Å². The van der Waals surface area contributed by atoms with E-state index in [4.69, 9.17) is 22.1 Å². The summed E-state index contributed by atoms with van der Waals surface area (Å²) in [6.45, 7) is 0. The third-order valence-corrected chi connectivity index (χ3v) is 3.05. The Morgan fingerprint density at radius 3 is 2.55 bits per heavy atom. The molecule has 2 aromatic rings. The van der Waals surface area contributed by atoms with Gasteiger partial charge in [0.1, 0.15) is 5.71 Å². The van der Waals surface area contributed by atoms with E-state index in [1.807, 2.05) is 24.3 Å². The molecule has 0 aliphatic carbocycles. The van der Waals surface area contributed by atoms with E-state index in [0.29, 0.717) is 11.4 Å². The van der Waals surface area contributed by atoms with Crippen LogP contribution in [0, 0.1) is 5.41 Å². The summed E-state index contributed by atoms with van der Waals surface area (Å²) in [5, 5.41) is 16.9. The molecule has 0 aliphatic rings. The lowest BCUT2D eigenvalue weighted by atomic mass is 10.0. The van der Waals surface area contributed by atoms with Gasteiger partial charge in [-0.15, -0.1) is 0 Å². The number of hydrogen-bond acceptors (Lipinski definition) is 2. The number of aliphatic carboxylic acids is 1. The van der Waals surface area contributed by atoms with Gasteiger partial charge in [-0.2, -0.15) is 0 Å². The van der Waals surface area contributed by atoms with E-state index < -0.39 is 11.7 Å². The van der Waals surface area contributed by atoms with E-state index in [1.165, 1.54) is 6.08 Å². The molecule has 0 amide bonds. The monoisotopic (exact) mass is 288 g/mol. The van der Waals surface area contributed by atoms with E-state index >= 15 is 0 Å². The second-order valence-electron chi connectivity index (χ2n) is 4.28. The highest BCUT2D eigenvalue weighted by molar-refractivity contribution is 6.40. The van der Waals surface area contributed by atoms with E-state index in [0.717, 1.165) is 16.8 Å². The number of carboxylic acid groups (broad SMARTS) is 1. The molecule has 0 spiro atoms. The molecular formula is C15H13ClN2O2. The Morgan fingerprint density at radius 2 is 2.00 bits per heavy atom. The summed E-state index contributed by atoms with van der Waals surface area (Å²) in [7, 11) is 0. The van der Waals surface area contributed by atoms with Crippen LogP contribution in [-0.2, 0) is 11.2 Å². The first-order chi connectivity index (χ1) is 9.56. The smallest absolute Gasteiger partial charge is 0.353 e. The average Bonchev–Trinajstić information content (AvgIpc) is 2.94. The predicted octanol–water partition coefficient (Wildman–Crippen LogP) is 3.40. The van der Waals surface area contributed by atoms with Gasteiger partial charge in [0.25, 0.3) is 0 Å². The number of aromatic nitrogens is 1. The van der Waals surface area contributed by atoms with Gasteiger partial charge in [0.2, 0.25) is 0 Å². The molecule has 102 valence electrons. The summed E-state index contributed by atoms with van der Waals surface area (Å²) < 4.78 is 0. The fourth-order valence-electron chi connectivity index (χ4n) is 1.81. The normalized spacial score (nSPS) is 11.3. The van der Waals surface area contributed by atoms with Crippen molar-refractivity contribution in [3.63, 3.8) is 0 Å². The summed E-state index contributed by atoms with van der Waals surface area (Å²) in [5.41, 5.74) is 2.09. The first-order valence-electron chi connectivity index (χ1n) is 5.97. The first kappa shape index (κ1) is 14.1. The number of aromatic amines is 1. The van der Waals surface area contributed by atoms with Crippen molar-refractivity contribution in [3.05, 3.63) is 65.0 Å². The van der Waals surface area contributed by atoms with Gasteiger partial charge >= 0.3 is 5.97 Å². The number of carboxylic acids is 1. The van der Waals surface area contributed by atoms with E-state index in [9.17, 15) is 4.79 Å². The second-order valence-corrected chi connectivity index (χ2v) is 4.71. The van der Waals surface area contributed by atoms with Crippen molar-refractivity contribution in [2.24, 2.45) is 0 Å². The summed E-state index contributed by atoms with van der Waals surface area (Å²) in [6, 6.07) is 11.0. The molecule has 0 saturated carbocycles. The van der Waals surface area contributed by atoms with Crippen molar-refractivity contribution < 1.29 is 9.90 Å². The maximum atomic E-state index is 10.8. The SMILES string of the molecule is N=C(/C=C(/Cc1ccc(Cl)cc1)c1ccc[nH]1)C(=O)O. The van der Waals surface area contributed by atoms with E-state index in [2.05, 4.69) is 4.98 Å². The second kappa shape index (κ2) is 6.21. The van der Waals surface area contributed by atoms with Crippen molar-refractivity contribution in [2.45, 2.75) is 6.42 Å². The molecule has 0 radical (unpaired) electrons. The maximum absolute atomic E-state index is 10.8. The van der Waals surface area contributed by atoms with Gasteiger partial charge in [0.15, 0.2) is 0 Å². The molecule has 2 rings (SSSR count). The lowest BCUT2D eigenvalue weighted by molar-refractivity contribution is -0.129. The third-order valence-electron chi connectivity index (χ3n) is 2.80. The van der Waals surface area contributed by atoms with Gasteiger partial charge in [-0.25, -0.2) is 4.79 Å². The number of rotatable bonds is 5. The molecule has 0 saturated heterocycles. The van der Waals surface area contributed by atoms with Crippen LogP contribution in [0.25, 0.3) is 5.57 Å². The van der Waals surface area contributed by atoms with Crippen molar-refractivity contribution in [1.82, 2.24) is 4.98 Å². The zero-order valence-electron chi connectivity index (χ0n) is 10.6. The van der Waals surface area contributed by atoms with Crippen molar-refractivity contribution in [1.29, 1.82) is 5.41 Å². The van der Waals surface area contributed by atoms with Crippen LogP contribution < -0.4 is 0 Å². The number of halogens is 1. The molecule has 0 fully saturated rings. The molecular weight excluding hydrogens is 276 g/mol. The molecule has 0 aliphatic heterocycles. The number of H-pyrrole nitrogens is 1. The number of hydrogen-bond donors (Lipinski definition) is 3. The standard InChI is InChI=1S/C15H13ClN2O2/c16-12-5-3-10(4-6-12)8-11(9-13(17)15(19)20)14-2-1-7-18-14/h1-7,9,17-18H,8H2,(H,19,20)/b11-9-,17-13?. The largest absolute Gasteiger partial charge is 0.477 e. The molecule has 20 heavy (non-hydrogen) atoms. The van der Waals surface area contributed by atoms with Crippen LogP contribution in [0.2, 0.25) is 5.02 Å². The van der Waals surface area contributed by atoms with Crippen molar-refractivity contribution >= 4 is 28.9 Å². The number of benzene rings is 1. The molecule has 0 bridgehead atoms.